The van der Waals surface area contributed by atoms with E-state index < -0.39 is 78.0 Å². The van der Waals surface area contributed by atoms with Crippen LogP contribution in [0.1, 0.15) is 66.2 Å². The van der Waals surface area contributed by atoms with Crippen LogP contribution in [0.4, 0.5) is 0 Å². The van der Waals surface area contributed by atoms with Crippen molar-refractivity contribution in [3.05, 3.63) is 59.9 Å². The quantitative estimate of drug-likeness (QED) is 0.121. The van der Waals surface area contributed by atoms with Crippen molar-refractivity contribution in [1.29, 1.82) is 0 Å². The predicted molar refractivity (Wildman–Crippen MR) is 149 cm³/mol. The molecule has 3 aliphatic rings. The Morgan fingerprint density at radius 2 is 1.79 bits per heavy atom. The van der Waals surface area contributed by atoms with Crippen LogP contribution in [0.2, 0.25) is 0 Å². The lowest BCUT2D eigenvalue weighted by molar-refractivity contribution is -0.333. The minimum atomic E-state index is -2.18. The number of carboxylic acid groups (broad SMARTS) is 1. The Morgan fingerprint density at radius 1 is 1.07 bits per heavy atom. The third-order valence-electron chi connectivity index (χ3n) is 6.98. The molecular weight excluding hydrogens is 564 g/mol. The first-order valence-electron chi connectivity index (χ1n) is 14.0. The van der Waals surface area contributed by atoms with E-state index in [1.807, 2.05) is 19.1 Å². The van der Waals surface area contributed by atoms with Gasteiger partial charge < -0.3 is 28.8 Å². The van der Waals surface area contributed by atoms with E-state index >= 15 is 0 Å². The summed E-state index contributed by atoms with van der Waals surface area (Å²) < 4.78 is 28.6. The van der Waals surface area contributed by atoms with Crippen LogP contribution in [0, 0.1) is 0 Å². The number of carbonyl (C=O) groups is 6. The van der Waals surface area contributed by atoms with Gasteiger partial charge in [-0.15, -0.1) is 0 Å². The fourth-order valence-electron chi connectivity index (χ4n) is 4.85. The monoisotopic (exact) mass is 600 g/mol. The van der Waals surface area contributed by atoms with E-state index in [1.54, 1.807) is 19.1 Å². The van der Waals surface area contributed by atoms with E-state index in [9.17, 15) is 28.8 Å². The van der Waals surface area contributed by atoms with Gasteiger partial charge in [0.05, 0.1) is 30.8 Å². The van der Waals surface area contributed by atoms with Gasteiger partial charge in [0.2, 0.25) is 17.2 Å². The standard InChI is InChI=1S/C31H36O12/c1-5-6-7-8-9-10-11-12-26(36)41-29-21-17-23(33)30(4,43-20(3)32)28(38)22(21)18-39-31(29)24(14-13-19(2)42-31)40-27(37)16-15-25(34)35/h7-12,17-19,24,29H,5-6,13-16H2,1-4H3,(H,34,35)/b8-7+,10-9+,12-11+/t19-,24+,29-,30?,31-/m1/s1. The second kappa shape index (κ2) is 14.2. The Kier molecular flexibility index (Phi) is 11.0. The molecule has 12 nitrogen and oxygen atoms in total. The molecule has 2 aliphatic heterocycles. The summed E-state index contributed by atoms with van der Waals surface area (Å²) in [5.74, 6) is -7.62. The maximum atomic E-state index is 13.5. The molecule has 0 bridgehead atoms. The number of hydrogen-bond acceptors (Lipinski definition) is 11. The molecule has 0 aromatic rings. The first-order valence-corrected chi connectivity index (χ1v) is 14.0. The molecule has 0 aromatic carbocycles. The number of carbonyl (C=O) groups excluding carboxylic acids is 5. The zero-order chi connectivity index (χ0) is 31.8. The lowest BCUT2D eigenvalue weighted by Gasteiger charge is -2.50. The van der Waals surface area contributed by atoms with E-state index in [-0.39, 0.29) is 17.6 Å². The van der Waals surface area contributed by atoms with Crippen molar-refractivity contribution in [2.24, 2.45) is 0 Å². The zero-order valence-corrected chi connectivity index (χ0v) is 24.5. The van der Waals surface area contributed by atoms with Gasteiger partial charge in [-0.3, -0.25) is 24.0 Å². The Bertz CT molecular complexity index is 1300. The normalized spacial score (nSPS) is 28.8. The number of unbranched alkanes of at least 4 members (excludes halogenated alkanes) is 1. The third-order valence-corrected chi connectivity index (χ3v) is 6.98. The summed E-state index contributed by atoms with van der Waals surface area (Å²) in [6.45, 7) is 5.96. The maximum Gasteiger partial charge on any atom is 0.331 e. The number of esters is 3. The number of aliphatic carboxylic acids is 1. The molecule has 12 heteroatoms. The zero-order valence-electron chi connectivity index (χ0n) is 24.5. The van der Waals surface area contributed by atoms with Crippen LogP contribution in [0.15, 0.2) is 59.9 Å². The molecule has 1 fully saturated rings. The van der Waals surface area contributed by atoms with Gasteiger partial charge in [-0.05, 0) is 39.2 Å². The maximum absolute atomic E-state index is 13.5. The number of ketones is 2. The lowest BCUT2D eigenvalue weighted by Crippen LogP contribution is -2.65. The molecule has 5 atom stereocenters. The summed E-state index contributed by atoms with van der Waals surface area (Å²) in [5.41, 5.74) is -2.47. The number of hydrogen-bond donors (Lipinski definition) is 1. The number of ether oxygens (including phenoxy) is 5. The lowest BCUT2D eigenvalue weighted by atomic mass is 9.75. The number of carboxylic acids is 1. The average Bonchev–Trinajstić information content (AvgIpc) is 2.93. The highest BCUT2D eigenvalue weighted by molar-refractivity contribution is 6.26. The summed E-state index contributed by atoms with van der Waals surface area (Å²) in [4.78, 5) is 75.0. The summed E-state index contributed by atoms with van der Waals surface area (Å²) >= 11 is 0. The number of allylic oxidation sites excluding steroid dienone is 5. The van der Waals surface area contributed by atoms with Gasteiger partial charge in [-0.25, -0.2) is 4.79 Å². The molecule has 1 unspecified atom stereocenters. The van der Waals surface area contributed by atoms with Crippen molar-refractivity contribution in [2.75, 3.05) is 0 Å². The van der Waals surface area contributed by atoms with Gasteiger partial charge in [0, 0.05) is 18.6 Å². The Balaban J connectivity index is 2.03. The molecule has 232 valence electrons. The molecule has 0 aromatic heterocycles. The molecule has 3 rings (SSSR count). The van der Waals surface area contributed by atoms with E-state index in [0.717, 1.165) is 45.1 Å². The molecule has 0 saturated carbocycles. The topological polar surface area (TPSA) is 169 Å². The van der Waals surface area contributed by atoms with Crippen LogP contribution in [-0.2, 0) is 52.5 Å². The predicted octanol–water partition coefficient (Wildman–Crippen LogP) is 3.35. The molecule has 1 aliphatic carbocycles. The van der Waals surface area contributed by atoms with Crippen molar-refractivity contribution in [3.8, 4) is 0 Å². The highest BCUT2D eigenvalue weighted by Gasteiger charge is 2.63. The molecule has 43 heavy (non-hydrogen) atoms. The Labute approximate surface area is 249 Å². The molecule has 0 radical (unpaired) electrons. The molecule has 2 heterocycles. The van der Waals surface area contributed by atoms with Crippen LogP contribution in [0.25, 0.3) is 0 Å². The smallest absolute Gasteiger partial charge is 0.331 e. The van der Waals surface area contributed by atoms with Gasteiger partial charge >= 0.3 is 23.9 Å². The van der Waals surface area contributed by atoms with Crippen molar-refractivity contribution in [2.45, 2.75) is 95.9 Å². The van der Waals surface area contributed by atoms with E-state index in [1.165, 1.54) is 6.08 Å². The minimum Gasteiger partial charge on any atom is -0.481 e. The van der Waals surface area contributed by atoms with Crippen molar-refractivity contribution in [3.63, 3.8) is 0 Å². The SMILES string of the molecule is CCC/C=C/C=C/C=C/C(=O)O[C@@H]1C2=CC(=O)C(C)(OC(C)=O)C(=O)C2=CO[C@]12O[C@H](C)CC[C@@H]2OC(=O)CCC(=O)O. The molecular formula is C31H36O12. The van der Waals surface area contributed by atoms with Crippen LogP contribution in [-0.4, -0.2) is 70.3 Å². The Hall–Kier alpha value is -4.32. The van der Waals surface area contributed by atoms with Gasteiger partial charge in [0.1, 0.15) is 0 Å². The van der Waals surface area contributed by atoms with Crippen LogP contribution >= 0.6 is 0 Å². The largest absolute Gasteiger partial charge is 0.481 e. The minimum absolute atomic E-state index is 0.0913. The fourth-order valence-corrected chi connectivity index (χ4v) is 4.85. The van der Waals surface area contributed by atoms with Crippen LogP contribution in [0.3, 0.4) is 0 Å². The highest BCUT2D eigenvalue weighted by atomic mass is 16.7. The van der Waals surface area contributed by atoms with Gasteiger partial charge in [0.15, 0.2) is 12.2 Å². The third kappa shape index (κ3) is 7.75. The number of rotatable bonds is 11. The summed E-state index contributed by atoms with van der Waals surface area (Å²) in [6, 6.07) is 0. The van der Waals surface area contributed by atoms with Gasteiger partial charge in [-0.1, -0.05) is 43.7 Å². The highest BCUT2D eigenvalue weighted by Crippen LogP contribution is 2.46. The molecule has 1 N–H and O–H groups in total. The van der Waals surface area contributed by atoms with E-state index in [2.05, 4.69) is 0 Å². The van der Waals surface area contributed by atoms with E-state index in [0.29, 0.717) is 6.42 Å². The first kappa shape index (κ1) is 33.2. The van der Waals surface area contributed by atoms with Gasteiger partial charge in [-0.2, -0.15) is 0 Å². The first-order chi connectivity index (χ1) is 20.3. The summed E-state index contributed by atoms with van der Waals surface area (Å²) in [5, 5.41) is 8.96. The van der Waals surface area contributed by atoms with Crippen molar-refractivity contribution in [1.82, 2.24) is 0 Å². The summed E-state index contributed by atoms with van der Waals surface area (Å²) in [7, 11) is 0. The molecule has 1 spiro atoms. The molecule has 0 amide bonds. The Morgan fingerprint density at radius 3 is 2.47 bits per heavy atom. The summed E-state index contributed by atoms with van der Waals surface area (Å²) in [6.07, 6.45) is 9.93. The van der Waals surface area contributed by atoms with Crippen LogP contribution in [0.5, 0.6) is 0 Å². The average molecular weight is 601 g/mol. The fraction of sp³-hybridized carbons (Fsp3) is 0.484. The number of fused-ring (bicyclic) bond motifs is 1. The van der Waals surface area contributed by atoms with Crippen molar-refractivity contribution < 1.29 is 57.6 Å². The molecule has 1 saturated heterocycles. The van der Waals surface area contributed by atoms with Crippen LogP contribution < -0.4 is 0 Å². The number of Topliss-reactive ketones (excluding diaryl/α,β-unsaturated/α-hetero) is 1. The second-order valence-electron chi connectivity index (χ2n) is 10.4. The second-order valence-corrected chi connectivity index (χ2v) is 10.4. The van der Waals surface area contributed by atoms with Gasteiger partial charge in [0.25, 0.3) is 5.79 Å². The van der Waals surface area contributed by atoms with Crippen molar-refractivity contribution >= 4 is 35.4 Å². The van der Waals surface area contributed by atoms with E-state index in [4.69, 9.17) is 28.8 Å².